The Morgan fingerprint density at radius 2 is 1.97 bits per heavy atom. The Labute approximate surface area is 231 Å². The fourth-order valence-electron chi connectivity index (χ4n) is 5.05. The van der Waals surface area contributed by atoms with Crippen LogP contribution in [0.2, 0.25) is 0 Å². The number of carbonyl (C=O) groups excluding carboxylic acids is 2. The highest BCUT2D eigenvalue weighted by Crippen LogP contribution is 2.44. The summed E-state index contributed by atoms with van der Waals surface area (Å²) < 4.78 is 18.5. The number of methoxy groups -OCH3 is 1. The van der Waals surface area contributed by atoms with Crippen LogP contribution < -0.4 is 10.1 Å². The van der Waals surface area contributed by atoms with E-state index in [1.807, 2.05) is 50.4 Å². The third-order valence-corrected chi connectivity index (χ3v) is 8.34. The first kappa shape index (κ1) is 28.4. The molecule has 1 atom stereocenters. The van der Waals surface area contributed by atoms with E-state index in [-0.39, 0.29) is 11.8 Å². The van der Waals surface area contributed by atoms with Gasteiger partial charge in [0.05, 0.1) is 29.1 Å². The first-order valence-electron chi connectivity index (χ1n) is 13.2. The molecule has 39 heavy (non-hydrogen) atoms. The molecule has 1 fully saturated rings. The lowest BCUT2D eigenvalue weighted by molar-refractivity contribution is -0.121. The number of carbonyl (C=O) groups is 2. The van der Waals surface area contributed by atoms with E-state index >= 15 is 0 Å². The molecule has 3 heterocycles. The number of aromatic nitrogens is 2. The number of benzene rings is 2. The van der Waals surface area contributed by atoms with Crippen molar-refractivity contribution in [2.24, 2.45) is 5.92 Å². The quantitative estimate of drug-likeness (QED) is 0.316. The van der Waals surface area contributed by atoms with Gasteiger partial charge < -0.3 is 24.7 Å². The number of nitrogens with zero attached hydrogens (tertiary/aromatic N) is 2. The van der Waals surface area contributed by atoms with Crippen LogP contribution in [0.4, 0.5) is 5.69 Å². The standard InChI is InChI=1S/C28H32N4O3S.C2H4O/c1-5-36(34)20-8-6-7-19(14-20)21-15-23(30-28(33)18-9-11-32(3)12-10-18)26(35-4)25-24(21)22-13-17(2)16-29-27(22)31-25;1-2-3/h6-8,13-16,18H,5,9-12H2,1-4H3,(H,29,31)(H,30,33);2H,1H3. The van der Waals surface area contributed by atoms with E-state index in [1.54, 1.807) is 7.11 Å². The molecule has 0 radical (unpaired) electrons. The maximum atomic E-state index is 13.3. The Morgan fingerprint density at radius 3 is 2.64 bits per heavy atom. The van der Waals surface area contributed by atoms with Crippen LogP contribution in [0.3, 0.4) is 0 Å². The third kappa shape index (κ3) is 6.04. The van der Waals surface area contributed by atoms with Gasteiger partial charge in [-0.2, -0.15) is 0 Å². The van der Waals surface area contributed by atoms with Crippen LogP contribution in [0, 0.1) is 12.8 Å². The molecule has 1 unspecified atom stereocenters. The van der Waals surface area contributed by atoms with Crippen molar-refractivity contribution >= 4 is 50.6 Å². The second-order valence-electron chi connectivity index (χ2n) is 9.75. The van der Waals surface area contributed by atoms with Crippen molar-refractivity contribution in [3.8, 4) is 16.9 Å². The van der Waals surface area contributed by atoms with E-state index < -0.39 is 10.8 Å². The summed E-state index contributed by atoms with van der Waals surface area (Å²) in [6.07, 6.45) is 4.25. The molecule has 8 nitrogen and oxygen atoms in total. The number of aryl methyl sites for hydroxylation is 1. The summed E-state index contributed by atoms with van der Waals surface area (Å²) in [5.41, 5.74) is 5.06. The lowest BCUT2D eigenvalue weighted by Gasteiger charge is -2.28. The minimum Gasteiger partial charge on any atom is -0.492 e. The number of ether oxygens (including phenoxy) is 1. The van der Waals surface area contributed by atoms with Gasteiger partial charge in [0.1, 0.15) is 11.9 Å². The van der Waals surface area contributed by atoms with Gasteiger partial charge in [0.25, 0.3) is 0 Å². The molecule has 0 saturated carbocycles. The van der Waals surface area contributed by atoms with E-state index in [1.165, 1.54) is 6.92 Å². The van der Waals surface area contributed by atoms with E-state index in [0.717, 1.165) is 75.7 Å². The van der Waals surface area contributed by atoms with Crippen molar-refractivity contribution in [2.45, 2.75) is 38.5 Å². The number of pyridine rings is 1. The monoisotopic (exact) mass is 548 g/mol. The fraction of sp³-hybridized carbons (Fsp3) is 0.367. The van der Waals surface area contributed by atoms with Gasteiger partial charge in [0.2, 0.25) is 5.91 Å². The molecule has 9 heteroatoms. The number of H-pyrrole nitrogens is 1. The number of nitrogens with one attached hydrogen (secondary N) is 2. The van der Waals surface area contributed by atoms with Crippen molar-refractivity contribution < 1.29 is 18.5 Å². The minimum absolute atomic E-state index is 0.0117. The topological polar surface area (TPSA) is 104 Å². The van der Waals surface area contributed by atoms with E-state index in [9.17, 15) is 9.00 Å². The Hall–Kier alpha value is -3.56. The zero-order valence-electron chi connectivity index (χ0n) is 23.2. The highest BCUT2D eigenvalue weighted by atomic mass is 32.2. The van der Waals surface area contributed by atoms with E-state index in [4.69, 9.17) is 9.53 Å². The predicted octanol–water partition coefficient (Wildman–Crippen LogP) is 5.31. The summed E-state index contributed by atoms with van der Waals surface area (Å²) in [5.74, 6) is 1.11. The van der Waals surface area contributed by atoms with Crippen LogP contribution in [-0.4, -0.2) is 64.3 Å². The zero-order valence-corrected chi connectivity index (χ0v) is 24.0. The van der Waals surface area contributed by atoms with Crippen LogP contribution in [0.15, 0.2) is 47.5 Å². The normalized spacial score (nSPS) is 15.0. The van der Waals surface area contributed by atoms with Crippen molar-refractivity contribution in [3.05, 3.63) is 48.2 Å². The Bertz CT molecular complexity index is 1520. The molecule has 4 aromatic rings. The molecule has 1 amide bonds. The molecule has 0 aliphatic carbocycles. The molecule has 2 aromatic heterocycles. The van der Waals surface area contributed by atoms with Gasteiger partial charge in [0, 0.05) is 33.5 Å². The molecule has 1 saturated heterocycles. The zero-order chi connectivity index (χ0) is 28.1. The van der Waals surface area contributed by atoms with Crippen molar-refractivity contribution in [3.63, 3.8) is 0 Å². The Kier molecular flexibility index (Phi) is 9.14. The largest absolute Gasteiger partial charge is 0.492 e. The summed E-state index contributed by atoms with van der Waals surface area (Å²) in [6.45, 7) is 7.20. The third-order valence-electron chi connectivity index (χ3n) is 7.04. The number of hydrogen-bond acceptors (Lipinski definition) is 6. The van der Waals surface area contributed by atoms with Crippen LogP contribution in [0.25, 0.3) is 33.1 Å². The van der Waals surface area contributed by atoms with Gasteiger partial charge >= 0.3 is 0 Å². The summed E-state index contributed by atoms with van der Waals surface area (Å²) in [4.78, 5) is 33.2. The van der Waals surface area contributed by atoms with E-state index in [0.29, 0.717) is 17.2 Å². The van der Waals surface area contributed by atoms with Gasteiger partial charge in [-0.1, -0.05) is 19.1 Å². The van der Waals surface area contributed by atoms with Crippen LogP contribution in [0.5, 0.6) is 5.75 Å². The lowest BCUT2D eigenvalue weighted by atomic mass is 9.95. The first-order chi connectivity index (χ1) is 18.8. The number of hydrogen-bond donors (Lipinski definition) is 2. The number of anilines is 1. The molecule has 1 aliphatic heterocycles. The summed E-state index contributed by atoms with van der Waals surface area (Å²) in [6, 6.07) is 11.9. The van der Waals surface area contributed by atoms with Crippen LogP contribution in [0.1, 0.15) is 32.3 Å². The SMILES string of the molecule is CC=O.CCS(=O)c1cccc(-c2cc(NC(=O)C3CCN(C)CC3)c(OC)c3[nH]c4ncc(C)cc4c23)c1. The summed E-state index contributed by atoms with van der Waals surface area (Å²) in [5, 5.41) is 5.12. The highest BCUT2D eigenvalue weighted by molar-refractivity contribution is 7.85. The van der Waals surface area contributed by atoms with Gasteiger partial charge in [-0.05, 0) is 87.8 Å². The molecular weight excluding hydrogens is 512 g/mol. The number of amides is 1. The second-order valence-corrected chi connectivity index (χ2v) is 11.5. The van der Waals surface area contributed by atoms with Crippen molar-refractivity contribution in [1.29, 1.82) is 0 Å². The Balaban J connectivity index is 0.00000112. The first-order valence-corrected chi connectivity index (χ1v) is 14.5. The molecule has 0 spiro atoms. The molecule has 5 rings (SSSR count). The average Bonchev–Trinajstić information content (AvgIpc) is 3.31. The molecular formula is C30H36N4O4S. The molecule has 2 N–H and O–H groups in total. The summed E-state index contributed by atoms with van der Waals surface area (Å²) >= 11 is 0. The van der Waals surface area contributed by atoms with Gasteiger partial charge in [0.15, 0.2) is 5.75 Å². The molecule has 2 aromatic carbocycles. The number of aldehydes is 1. The van der Waals surface area contributed by atoms with E-state index in [2.05, 4.69) is 33.3 Å². The number of piperidine rings is 1. The van der Waals surface area contributed by atoms with Crippen LogP contribution >= 0.6 is 0 Å². The minimum atomic E-state index is -1.07. The number of rotatable bonds is 6. The molecule has 1 aliphatic rings. The smallest absolute Gasteiger partial charge is 0.227 e. The maximum absolute atomic E-state index is 13.3. The van der Waals surface area contributed by atoms with Gasteiger partial charge in [-0.25, -0.2) is 4.98 Å². The number of likely N-dealkylation sites (tertiary alicyclic amines) is 1. The number of aromatic amines is 1. The highest BCUT2D eigenvalue weighted by Gasteiger charge is 2.26. The van der Waals surface area contributed by atoms with Crippen molar-refractivity contribution in [2.75, 3.05) is 38.3 Å². The maximum Gasteiger partial charge on any atom is 0.227 e. The Morgan fingerprint density at radius 1 is 1.26 bits per heavy atom. The van der Waals surface area contributed by atoms with Gasteiger partial charge in [-0.3, -0.25) is 9.00 Å². The van der Waals surface area contributed by atoms with Gasteiger partial charge in [-0.15, -0.1) is 0 Å². The number of fused-ring (bicyclic) bond motifs is 3. The lowest BCUT2D eigenvalue weighted by Crippen LogP contribution is -2.36. The van der Waals surface area contributed by atoms with Crippen molar-refractivity contribution in [1.82, 2.24) is 14.9 Å². The van der Waals surface area contributed by atoms with Crippen LogP contribution in [-0.2, 0) is 20.4 Å². The summed E-state index contributed by atoms with van der Waals surface area (Å²) in [7, 11) is 2.63. The predicted molar refractivity (Wildman–Crippen MR) is 158 cm³/mol. The average molecular weight is 549 g/mol. The molecule has 0 bridgehead atoms. The fourth-order valence-corrected chi connectivity index (χ4v) is 5.87. The molecule has 206 valence electrons. The second kappa shape index (κ2) is 12.5.